The van der Waals surface area contributed by atoms with Crippen LogP contribution in [-0.2, 0) is 0 Å². The zero-order chi connectivity index (χ0) is 13.1. The van der Waals surface area contributed by atoms with Crippen LogP contribution in [-0.4, -0.2) is 19.7 Å². The third-order valence-corrected chi connectivity index (χ3v) is 3.79. The fraction of sp³-hybridized carbons (Fsp3) is 0.625. The molecule has 2 rings (SSSR count). The zero-order valence-electron chi connectivity index (χ0n) is 12.0. The van der Waals surface area contributed by atoms with Crippen LogP contribution in [0.1, 0.15) is 48.8 Å². The largest absolute Gasteiger partial charge is 0.496 e. The van der Waals surface area contributed by atoms with E-state index in [1.165, 1.54) is 36.0 Å². The molecule has 0 aromatic heterocycles. The van der Waals surface area contributed by atoms with Gasteiger partial charge in [0.1, 0.15) is 5.75 Å². The lowest BCUT2D eigenvalue weighted by Gasteiger charge is -2.19. The molecule has 18 heavy (non-hydrogen) atoms. The molecule has 2 nitrogen and oxygen atoms in total. The Balaban J connectivity index is 2.04. The lowest BCUT2D eigenvalue weighted by atomic mass is 9.91. The molecule has 1 N–H and O–H groups in total. The quantitative estimate of drug-likeness (QED) is 0.830. The summed E-state index contributed by atoms with van der Waals surface area (Å²) in [5.74, 6) is 1.60. The van der Waals surface area contributed by atoms with Gasteiger partial charge in [0.25, 0.3) is 0 Å². The Kier molecular flexibility index (Phi) is 4.28. The van der Waals surface area contributed by atoms with Crippen molar-refractivity contribution in [2.45, 2.75) is 52.0 Å². The van der Waals surface area contributed by atoms with E-state index in [0.29, 0.717) is 5.92 Å². The summed E-state index contributed by atoms with van der Waals surface area (Å²) in [6, 6.07) is 5.20. The first-order valence-corrected chi connectivity index (χ1v) is 7.00. The Morgan fingerprint density at radius 2 is 2.06 bits per heavy atom. The van der Waals surface area contributed by atoms with Gasteiger partial charge in [-0.05, 0) is 68.3 Å². The van der Waals surface area contributed by atoms with Crippen LogP contribution >= 0.6 is 0 Å². The first-order chi connectivity index (χ1) is 8.61. The van der Waals surface area contributed by atoms with Crippen molar-refractivity contribution in [2.24, 2.45) is 0 Å². The summed E-state index contributed by atoms with van der Waals surface area (Å²) in [5.41, 5.74) is 4.00. The van der Waals surface area contributed by atoms with Crippen LogP contribution in [0.5, 0.6) is 5.75 Å². The lowest BCUT2D eigenvalue weighted by molar-refractivity contribution is 0.403. The average Bonchev–Trinajstić information content (AvgIpc) is 3.11. The van der Waals surface area contributed by atoms with Gasteiger partial charge in [0.2, 0.25) is 0 Å². The highest BCUT2D eigenvalue weighted by atomic mass is 16.5. The van der Waals surface area contributed by atoms with E-state index in [-0.39, 0.29) is 0 Å². The molecule has 1 saturated carbocycles. The normalized spacial score (nSPS) is 16.7. The van der Waals surface area contributed by atoms with Crippen molar-refractivity contribution in [3.63, 3.8) is 0 Å². The number of rotatable bonds is 6. The summed E-state index contributed by atoms with van der Waals surface area (Å²) in [6.07, 6.45) is 3.90. The van der Waals surface area contributed by atoms with E-state index in [9.17, 15) is 0 Å². The molecule has 1 atom stereocenters. The number of methoxy groups -OCH3 is 1. The van der Waals surface area contributed by atoms with Crippen LogP contribution in [0.3, 0.4) is 0 Å². The number of ether oxygens (including phenoxy) is 1. The summed E-state index contributed by atoms with van der Waals surface area (Å²) in [4.78, 5) is 0. The van der Waals surface area contributed by atoms with Crippen molar-refractivity contribution in [3.05, 3.63) is 28.8 Å². The molecule has 0 bridgehead atoms. The summed E-state index contributed by atoms with van der Waals surface area (Å²) >= 11 is 0. The van der Waals surface area contributed by atoms with Crippen molar-refractivity contribution < 1.29 is 4.74 Å². The predicted molar refractivity (Wildman–Crippen MR) is 76.5 cm³/mol. The Morgan fingerprint density at radius 3 is 2.67 bits per heavy atom. The third kappa shape index (κ3) is 3.26. The Labute approximate surface area is 111 Å². The molecule has 1 aromatic rings. The lowest BCUT2D eigenvalue weighted by Crippen LogP contribution is -2.19. The van der Waals surface area contributed by atoms with Gasteiger partial charge in [-0.15, -0.1) is 0 Å². The van der Waals surface area contributed by atoms with Gasteiger partial charge >= 0.3 is 0 Å². The fourth-order valence-electron chi connectivity index (χ4n) is 2.68. The number of benzene rings is 1. The maximum Gasteiger partial charge on any atom is 0.122 e. The first kappa shape index (κ1) is 13.4. The van der Waals surface area contributed by atoms with Crippen LogP contribution in [0.4, 0.5) is 0 Å². The van der Waals surface area contributed by atoms with Crippen molar-refractivity contribution in [3.8, 4) is 5.75 Å². The maximum atomic E-state index is 5.55. The highest BCUT2D eigenvalue weighted by molar-refractivity contribution is 5.45. The van der Waals surface area contributed by atoms with Gasteiger partial charge < -0.3 is 10.1 Å². The number of hydrogen-bond donors (Lipinski definition) is 1. The Hall–Kier alpha value is -1.02. The SMILES string of the molecule is COc1cc(C)cc(C)c1C(C)CCNC1CC1. The summed E-state index contributed by atoms with van der Waals surface area (Å²) in [5, 5.41) is 3.58. The minimum absolute atomic E-state index is 0.548. The first-order valence-electron chi connectivity index (χ1n) is 7.00. The highest BCUT2D eigenvalue weighted by Gasteiger charge is 2.21. The molecule has 1 aromatic carbocycles. The molecule has 1 unspecified atom stereocenters. The molecule has 0 amide bonds. The highest BCUT2D eigenvalue weighted by Crippen LogP contribution is 2.33. The van der Waals surface area contributed by atoms with Gasteiger partial charge in [-0.1, -0.05) is 13.0 Å². The molecule has 0 aliphatic heterocycles. The molecule has 2 heteroatoms. The average molecular weight is 247 g/mol. The van der Waals surface area contributed by atoms with Crippen molar-refractivity contribution in [2.75, 3.05) is 13.7 Å². The van der Waals surface area contributed by atoms with E-state index in [1.54, 1.807) is 7.11 Å². The molecule has 1 aliphatic rings. The molecular weight excluding hydrogens is 222 g/mol. The van der Waals surface area contributed by atoms with Gasteiger partial charge in [0, 0.05) is 6.04 Å². The van der Waals surface area contributed by atoms with E-state index in [1.807, 2.05) is 0 Å². The number of hydrogen-bond acceptors (Lipinski definition) is 2. The minimum Gasteiger partial charge on any atom is -0.496 e. The Bertz CT molecular complexity index is 410. The van der Waals surface area contributed by atoms with Crippen LogP contribution < -0.4 is 10.1 Å². The minimum atomic E-state index is 0.548. The van der Waals surface area contributed by atoms with Gasteiger partial charge in [0.05, 0.1) is 7.11 Å². The molecule has 0 radical (unpaired) electrons. The molecule has 1 fully saturated rings. The van der Waals surface area contributed by atoms with Crippen molar-refractivity contribution in [1.29, 1.82) is 0 Å². The maximum absolute atomic E-state index is 5.55. The standard InChI is InChI=1S/C16H25NO/c1-11-9-13(3)16(15(10-11)18-4)12(2)7-8-17-14-5-6-14/h9-10,12,14,17H,5-8H2,1-4H3. The van der Waals surface area contributed by atoms with Gasteiger partial charge in [-0.2, -0.15) is 0 Å². The van der Waals surface area contributed by atoms with Gasteiger partial charge in [0.15, 0.2) is 0 Å². The molecular formula is C16H25NO. The van der Waals surface area contributed by atoms with Gasteiger partial charge in [-0.3, -0.25) is 0 Å². The molecule has 1 aliphatic carbocycles. The molecule has 0 spiro atoms. The topological polar surface area (TPSA) is 21.3 Å². The van der Waals surface area contributed by atoms with Crippen LogP contribution in [0, 0.1) is 13.8 Å². The predicted octanol–water partition coefficient (Wildman–Crippen LogP) is 3.56. The summed E-state index contributed by atoms with van der Waals surface area (Å²) in [6.45, 7) is 7.73. The van der Waals surface area contributed by atoms with E-state index >= 15 is 0 Å². The molecule has 0 heterocycles. The summed E-state index contributed by atoms with van der Waals surface area (Å²) in [7, 11) is 1.77. The second kappa shape index (κ2) is 5.75. The van der Waals surface area contributed by atoms with Crippen molar-refractivity contribution >= 4 is 0 Å². The zero-order valence-corrected chi connectivity index (χ0v) is 12.0. The second-order valence-corrected chi connectivity index (χ2v) is 5.62. The molecule has 100 valence electrons. The third-order valence-electron chi connectivity index (χ3n) is 3.79. The van der Waals surface area contributed by atoms with E-state index in [4.69, 9.17) is 4.74 Å². The van der Waals surface area contributed by atoms with E-state index in [0.717, 1.165) is 18.3 Å². The van der Waals surface area contributed by atoms with Crippen molar-refractivity contribution in [1.82, 2.24) is 5.32 Å². The smallest absolute Gasteiger partial charge is 0.122 e. The number of nitrogens with one attached hydrogen (secondary N) is 1. The second-order valence-electron chi connectivity index (χ2n) is 5.62. The summed E-state index contributed by atoms with van der Waals surface area (Å²) < 4.78 is 5.55. The van der Waals surface area contributed by atoms with Crippen LogP contribution in [0.2, 0.25) is 0 Å². The Morgan fingerprint density at radius 1 is 1.33 bits per heavy atom. The van der Waals surface area contributed by atoms with Gasteiger partial charge in [-0.25, -0.2) is 0 Å². The fourth-order valence-corrected chi connectivity index (χ4v) is 2.68. The van der Waals surface area contributed by atoms with Crippen LogP contribution in [0.15, 0.2) is 12.1 Å². The monoisotopic (exact) mass is 247 g/mol. The molecule has 0 saturated heterocycles. The van der Waals surface area contributed by atoms with E-state index in [2.05, 4.69) is 38.2 Å². The van der Waals surface area contributed by atoms with Crippen LogP contribution in [0.25, 0.3) is 0 Å². The van der Waals surface area contributed by atoms with E-state index < -0.39 is 0 Å². The number of aryl methyl sites for hydroxylation is 2.